The minimum atomic E-state index is -0.679. The van der Waals surface area contributed by atoms with E-state index in [4.69, 9.17) is 5.73 Å². The highest BCUT2D eigenvalue weighted by atomic mass is 16.2. The van der Waals surface area contributed by atoms with Gasteiger partial charge in [0.05, 0.1) is 18.1 Å². The molecule has 0 spiro atoms. The Morgan fingerprint density at radius 3 is 2.56 bits per heavy atom. The predicted octanol–water partition coefficient (Wildman–Crippen LogP) is 1.12. The van der Waals surface area contributed by atoms with Crippen molar-refractivity contribution in [2.45, 2.75) is 37.6 Å². The van der Waals surface area contributed by atoms with Crippen molar-refractivity contribution in [1.29, 1.82) is 0 Å². The summed E-state index contributed by atoms with van der Waals surface area (Å²) in [4.78, 5) is 43.9. The van der Waals surface area contributed by atoms with Gasteiger partial charge in [-0.1, -0.05) is 0 Å². The van der Waals surface area contributed by atoms with Gasteiger partial charge in [0.1, 0.15) is 5.82 Å². The molecular weight excluding hydrogens is 436 g/mol. The van der Waals surface area contributed by atoms with Crippen LogP contribution in [0, 0.1) is 0 Å². The molecule has 2 fully saturated rings. The van der Waals surface area contributed by atoms with Crippen LogP contribution < -0.4 is 21.3 Å². The molecule has 1 atom stereocenters. The Bertz CT molecular complexity index is 1200. The van der Waals surface area contributed by atoms with Gasteiger partial charge in [0.2, 0.25) is 5.82 Å². The maximum Gasteiger partial charge on any atom is 0.289 e. The van der Waals surface area contributed by atoms with Gasteiger partial charge in [-0.15, -0.1) is 0 Å². The molecule has 12 nitrogen and oxygen atoms in total. The highest BCUT2D eigenvalue weighted by Gasteiger charge is 2.27. The van der Waals surface area contributed by atoms with E-state index < -0.39 is 5.91 Å². The van der Waals surface area contributed by atoms with Gasteiger partial charge >= 0.3 is 0 Å². The van der Waals surface area contributed by atoms with Crippen molar-refractivity contribution < 1.29 is 9.59 Å². The standard InChI is InChI=1S/C22H26N10O2/c1-31-11-16(9-27-31)28-20-18(19(23)33)24-10-17(30-20)32-6-2-3-15(12-32)29-22(34)21-25-7-14(8-26-21)13-4-5-13/h7-11,13,15H,2-6,12H2,1H3,(H2,23,33)(H,28,30)(H,29,34)/t15-/m1/s1. The summed E-state index contributed by atoms with van der Waals surface area (Å²) >= 11 is 0. The van der Waals surface area contributed by atoms with Crippen molar-refractivity contribution in [3.8, 4) is 0 Å². The van der Waals surface area contributed by atoms with E-state index in [2.05, 4.69) is 35.7 Å². The smallest absolute Gasteiger partial charge is 0.289 e. The quantitative estimate of drug-likeness (QED) is 0.468. The van der Waals surface area contributed by atoms with Crippen molar-refractivity contribution in [2.75, 3.05) is 23.3 Å². The molecule has 176 valence electrons. The van der Waals surface area contributed by atoms with Crippen LogP contribution in [0.5, 0.6) is 0 Å². The third-order valence-corrected chi connectivity index (χ3v) is 5.97. The third-order valence-electron chi connectivity index (χ3n) is 5.97. The van der Waals surface area contributed by atoms with E-state index in [1.807, 2.05) is 4.90 Å². The Morgan fingerprint density at radius 2 is 1.88 bits per heavy atom. The molecule has 0 aromatic carbocycles. The Kier molecular flexibility index (Phi) is 5.78. The zero-order chi connectivity index (χ0) is 23.7. The summed E-state index contributed by atoms with van der Waals surface area (Å²) < 4.78 is 1.63. The SMILES string of the molecule is Cn1cc(Nc2nc(N3CCC[C@@H](NC(=O)c4ncc(C5CC5)cn4)C3)cnc2C(N)=O)cn1. The van der Waals surface area contributed by atoms with Gasteiger partial charge in [0, 0.05) is 44.8 Å². The van der Waals surface area contributed by atoms with E-state index in [-0.39, 0.29) is 29.3 Å². The third kappa shape index (κ3) is 4.80. The first-order valence-electron chi connectivity index (χ1n) is 11.3. The summed E-state index contributed by atoms with van der Waals surface area (Å²) in [7, 11) is 1.79. The molecule has 4 heterocycles. The number of carbonyl (C=O) groups excluding carboxylic acids is 2. The number of piperidine rings is 1. The molecule has 1 aliphatic heterocycles. The van der Waals surface area contributed by atoms with Gasteiger partial charge in [-0.2, -0.15) is 5.10 Å². The van der Waals surface area contributed by atoms with Crippen LogP contribution in [-0.2, 0) is 7.05 Å². The van der Waals surface area contributed by atoms with Crippen LogP contribution in [0.4, 0.5) is 17.3 Å². The Hall–Kier alpha value is -4.09. The van der Waals surface area contributed by atoms with Crippen molar-refractivity contribution in [1.82, 2.24) is 35.0 Å². The predicted molar refractivity (Wildman–Crippen MR) is 124 cm³/mol. The highest BCUT2D eigenvalue weighted by Crippen LogP contribution is 2.39. The van der Waals surface area contributed by atoms with Crippen LogP contribution in [0.3, 0.4) is 0 Å². The van der Waals surface area contributed by atoms with E-state index in [1.54, 1.807) is 36.5 Å². The van der Waals surface area contributed by atoms with Crippen LogP contribution in [0.1, 0.15) is 58.3 Å². The lowest BCUT2D eigenvalue weighted by molar-refractivity contribution is 0.0921. The average Bonchev–Trinajstić information content (AvgIpc) is 3.61. The summed E-state index contributed by atoms with van der Waals surface area (Å²) in [5, 5.41) is 10.2. The van der Waals surface area contributed by atoms with E-state index in [0.717, 1.165) is 37.8 Å². The first-order chi connectivity index (χ1) is 16.5. The Morgan fingerprint density at radius 1 is 1.09 bits per heavy atom. The minimum Gasteiger partial charge on any atom is -0.364 e. The first kappa shape index (κ1) is 21.7. The number of nitrogens with two attached hydrogens (primary N) is 1. The zero-order valence-corrected chi connectivity index (χ0v) is 18.8. The Labute approximate surface area is 196 Å². The van der Waals surface area contributed by atoms with Crippen molar-refractivity contribution in [3.63, 3.8) is 0 Å². The summed E-state index contributed by atoms with van der Waals surface area (Å²) in [5.41, 5.74) is 7.28. The maximum atomic E-state index is 12.7. The minimum absolute atomic E-state index is 0.0428. The van der Waals surface area contributed by atoms with Gasteiger partial charge in [-0.05, 0) is 37.2 Å². The van der Waals surface area contributed by atoms with Gasteiger partial charge in [0.25, 0.3) is 11.8 Å². The normalized spacial score (nSPS) is 17.9. The second-order valence-corrected chi connectivity index (χ2v) is 8.69. The number of primary amides is 1. The second kappa shape index (κ2) is 9.04. The largest absolute Gasteiger partial charge is 0.364 e. The van der Waals surface area contributed by atoms with Crippen molar-refractivity contribution in [2.24, 2.45) is 12.8 Å². The fourth-order valence-electron chi connectivity index (χ4n) is 4.06. The summed E-state index contributed by atoms with van der Waals surface area (Å²) in [6.45, 7) is 1.29. The molecule has 2 aliphatic rings. The number of carbonyl (C=O) groups is 2. The molecule has 34 heavy (non-hydrogen) atoms. The topological polar surface area (TPSA) is 157 Å². The van der Waals surface area contributed by atoms with Crippen molar-refractivity contribution >= 4 is 29.1 Å². The molecule has 4 N–H and O–H groups in total. The number of aryl methyl sites for hydroxylation is 1. The van der Waals surface area contributed by atoms with Gasteiger partial charge in [0.15, 0.2) is 11.5 Å². The lowest BCUT2D eigenvalue weighted by atomic mass is 10.1. The lowest BCUT2D eigenvalue weighted by Crippen LogP contribution is -2.48. The van der Waals surface area contributed by atoms with Crippen LogP contribution in [0.15, 0.2) is 31.0 Å². The van der Waals surface area contributed by atoms with Crippen LogP contribution in [-0.4, -0.2) is 60.7 Å². The molecule has 12 heteroatoms. The van der Waals surface area contributed by atoms with Crippen LogP contribution >= 0.6 is 0 Å². The van der Waals surface area contributed by atoms with Crippen LogP contribution in [0.25, 0.3) is 0 Å². The molecule has 1 aliphatic carbocycles. The molecule has 1 saturated heterocycles. The average molecular weight is 463 g/mol. The van der Waals surface area contributed by atoms with E-state index in [1.165, 1.54) is 6.20 Å². The maximum absolute atomic E-state index is 12.7. The van der Waals surface area contributed by atoms with Gasteiger partial charge in [-0.3, -0.25) is 14.3 Å². The van der Waals surface area contributed by atoms with Crippen molar-refractivity contribution in [3.05, 3.63) is 48.1 Å². The van der Waals surface area contributed by atoms with E-state index >= 15 is 0 Å². The molecule has 0 unspecified atom stereocenters. The zero-order valence-electron chi connectivity index (χ0n) is 18.8. The Balaban J connectivity index is 1.28. The monoisotopic (exact) mass is 462 g/mol. The number of amides is 2. The number of hydrogen-bond donors (Lipinski definition) is 3. The number of nitrogens with zero attached hydrogens (tertiary/aromatic N) is 7. The highest BCUT2D eigenvalue weighted by molar-refractivity contribution is 5.96. The van der Waals surface area contributed by atoms with E-state index in [0.29, 0.717) is 24.0 Å². The second-order valence-electron chi connectivity index (χ2n) is 8.69. The molecule has 0 bridgehead atoms. The molecule has 3 aromatic heterocycles. The fourth-order valence-corrected chi connectivity index (χ4v) is 4.06. The van der Waals surface area contributed by atoms with Crippen LogP contribution in [0.2, 0.25) is 0 Å². The van der Waals surface area contributed by atoms with E-state index in [9.17, 15) is 9.59 Å². The number of rotatable bonds is 7. The summed E-state index contributed by atoms with van der Waals surface area (Å²) in [6, 6.07) is -0.0969. The summed E-state index contributed by atoms with van der Waals surface area (Å²) in [6.07, 6.45) is 12.4. The number of anilines is 3. The van der Waals surface area contributed by atoms with Gasteiger partial charge < -0.3 is 21.3 Å². The molecule has 3 aromatic rings. The molecule has 5 rings (SSSR count). The molecule has 0 radical (unpaired) electrons. The fraction of sp³-hybridized carbons (Fsp3) is 0.409. The number of nitrogens with one attached hydrogen (secondary N) is 2. The molecular formula is C22H26N10O2. The molecule has 1 saturated carbocycles. The van der Waals surface area contributed by atoms with Gasteiger partial charge in [-0.25, -0.2) is 19.9 Å². The first-order valence-corrected chi connectivity index (χ1v) is 11.3. The summed E-state index contributed by atoms with van der Waals surface area (Å²) in [5.74, 6) is 0.595. The molecule has 2 amide bonds. The lowest BCUT2D eigenvalue weighted by Gasteiger charge is -2.33. The number of aromatic nitrogens is 6. The number of hydrogen-bond acceptors (Lipinski definition) is 9.